The van der Waals surface area contributed by atoms with Crippen molar-refractivity contribution in [2.24, 2.45) is 0 Å². The van der Waals surface area contributed by atoms with Gasteiger partial charge in [-0.1, -0.05) is 29.8 Å². The molecule has 0 aliphatic heterocycles. The normalized spacial score (nSPS) is 10.1. The van der Waals surface area contributed by atoms with Crippen molar-refractivity contribution in [1.29, 1.82) is 0 Å². The van der Waals surface area contributed by atoms with Gasteiger partial charge in [0.1, 0.15) is 6.54 Å². The fourth-order valence-electron chi connectivity index (χ4n) is 1.61. The van der Waals surface area contributed by atoms with Crippen molar-refractivity contribution in [2.45, 2.75) is 13.5 Å². The van der Waals surface area contributed by atoms with Crippen LogP contribution in [0.3, 0.4) is 0 Å². The number of ether oxygens (including phenoxy) is 1. The standard InChI is InChI=1S/C14H20N2O4/c1-11-3-5-12(6-4-11)9-15-14(19)16(7-8-20-2)10-13(17)18/h3-6H,7-10H2,1-2H3,(H,15,19)(H,17,18). The smallest absolute Gasteiger partial charge is 0.323 e. The number of methoxy groups -OCH3 is 1. The molecule has 1 aromatic rings. The molecule has 2 amide bonds. The van der Waals surface area contributed by atoms with Gasteiger partial charge in [0.15, 0.2) is 0 Å². The second-order valence-electron chi connectivity index (χ2n) is 4.45. The van der Waals surface area contributed by atoms with Crippen LogP contribution in [-0.4, -0.2) is 48.8 Å². The largest absolute Gasteiger partial charge is 0.480 e. The first-order valence-corrected chi connectivity index (χ1v) is 6.32. The third-order valence-corrected chi connectivity index (χ3v) is 2.74. The number of aryl methyl sites for hydroxylation is 1. The molecule has 0 heterocycles. The number of amides is 2. The van der Waals surface area contributed by atoms with E-state index >= 15 is 0 Å². The quantitative estimate of drug-likeness (QED) is 0.787. The van der Waals surface area contributed by atoms with Gasteiger partial charge in [-0.05, 0) is 12.5 Å². The van der Waals surface area contributed by atoms with Gasteiger partial charge in [-0.3, -0.25) is 4.79 Å². The van der Waals surface area contributed by atoms with Gasteiger partial charge in [0.2, 0.25) is 0 Å². The molecule has 6 heteroatoms. The van der Waals surface area contributed by atoms with Gasteiger partial charge < -0.3 is 20.1 Å². The van der Waals surface area contributed by atoms with Crippen LogP contribution in [0.25, 0.3) is 0 Å². The number of carboxylic acid groups (broad SMARTS) is 1. The number of carbonyl (C=O) groups is 2. The van der Waals surface area contributed by atoms with Crippen molar-refractivity contribution >= 4 is 12.0 Å². The number of carbonyl (C=O) groups excluding carboxylic acids is 1. The number of urea groups is 1. The summed E-state index contributed by atoms with van der Waals surface area (Å²) in [5, 5.41) is 11.5. The van der Waals surface area contributed by atoms with Crippen molar-refractivity contribution in [3.05, 3.63) is 35.4 Å². The summed E-state index contributed by atoms with van der Waals surface area (Å²) in [7, 11) is 1.50. The number of benzene rings is 1. The van der Waals surface area contributed by atoms with Gasteiger partial charge in [0.05, 0.1) is 6.61 Å². The Morgan fingerprint density at radius 1 is 1.30 bits per heavy atom. The predicted octanol–water partition coefficient (Wildman–Crippen LogP) is 1.24. The summed E-state index contributed by atoms with van der Waals surface area (Å²) < 4.78 is 4.87. The van der Waals surface area contributed by atoms with Gasteiger partial charge >= 0.3 is 12.0 Å². The van der Waals surface area contributed by atoms with E-state index in [-0.39, 0.29) is 13.1 Å². The Morgan fingerprint density at radius 2 is 1.95 bits per heavy atom. The number of hydrogen-bond acceptors (Lipinski definition) is 3. The SMILES string of the molecule is COCCN(CC(=O)O)C(=O)NCc1ccc(C)cc1. The number of aliphatic carboxylic acids is 1. The minimum absolute atomic E-state index is 0.239. The summed E-state index contributed by atoms with van der Waals surface area (Å²) >= 11 is 0. The molecule has 0 saturated heterocycles. The lowest BCUT2D eigenvalue weighted by atomic mass is 10.1. The number of nitrogens with zero attached hydrogens (tertiary/aromatic N) is 1. The summed E-state index contributed by atoms with van der Waals surface area (Å²) in [5.41, 5.74) is 2.11. The molecule has 0 radical (unpaired) electrons. The molecule has 110 valence electrons. The van der Waals surface area contributed by atoms with E-state index in [1.165, 1.54) is 12.0 Å². The van der Waals surface area contributed by atoms with Crippen LogP contribution >= 0.6 is 0 Å². The van der Waals surface area contributed by atoms with E-state index in [4.69, 9.17) is 9.84 Å². The molecule has 20 heavy (non-hydrogen) atoms. The van der Waals surface area contributed by atoms with Crippen molar-refractivity contribution in [1.82, 2.24) is 10.2 Å². The van der Waals surface area contributed by atoms with E-state index in [0.717, 1.165) is 11.1 Å². The van der Waals surface area contributed by atoms with Crippen LogP contribution in [0.2, 0.25) is 0 Å². The second kappa shape index (κ2) is 8.16. The zero-order valence-corrected chi connectivity index (χ0v) is 11.8. The number of nitrogens with one attached hydrogen (secondary N) is 1. The molecule has 0 aliphatic carbocycles. The average molecular weight is 280 g/mol. The lowest BCUT2D eigenvalue weighted by molar-refractivity contribution is -0.137. The lowest BCUT2D eigenvalue weighted by Gasteiger charge is -2.20. The molecule has 0 aliphatic rings. The van der Waals surface area contributed by atoms with E-state index in [9.17, 15) is 9.59 Å². The summed E-state index contributed by atoms with van der Waals surface area (Å²) in [6.45, 7) is 2.54. The van der Waals surface area contributed by atoms with E-state index in [1.807, 2.05) is 31.2 Å². The van der Waals surface area contributed by atoms with Crippen LogP contribution in [0.4, 0.5) is 4.79 Å². The van der Waals surface area contributed by atoms with Crippen molar-refractivity contribution in [3.8, 4) is 0 Å². The number of carboxylic acids is 1. The first kappa shape index (κ1) is 16.0. The van der Waals surface area contributed by atoms with E-state index in [2.05, 4.69) is 5.32 Å². The topological polar surface area (TPSA) is 78.9 Å². The molecule has 0 unspecified atom stereocenters. The summed E-state index contributed by atoms with van der Waals surface area (Å²) in [5.74, 6) is -1.05. The van der Waals surface area contributed by atoms with Gasteiger partial charge in [-0.15, -0.1) is 0 Å². The van der Waals surface area contributed by atoms with Crippen LogP contribution in [0.5, 0.6) is 0 Å². The van der Waals surface area contributed by atoms with Crippen molar-refractivity contribution < 1.29 is 19.4 Å². The van der Waals surface area contributed by atoms with E-state index in [0.29, 0.717) is 13.2 Å². The highest BCUT2D eigenvalue weighted by Gasteiger charge is 2.15. The first-order valence-electron chi connectivity index (χ1n) is 6.32. The molecular formula is C14H20N2O4. The Hall–Kier alpha value is -2.08. The van der Waals surface area contributed by atoms with Crippen LogP contribution in [0.15, 0.2) is 24.3 Å². The summed E-state index contributed by atoms with van der Waals surface area (Å²) in [4.78, 5) is 23.9. The zero-order chi connectivity index (χ0) is 15.0. The fraction of sp³-hybridized carbons (Fsp3) is 0.429. The van der Waals surface area contributed by atoms with Gasteiger partial charge in [-0.2, -0.15) is 0 Å². The highest BCUT2D eigenvalue weighted by atomic mass is 16.5. The van der Waals surface area contributed by atoms with E-state index < -0.39 is 12.0 Å². The maximum absolute atomic E-state index is 11.9. The minimum Gasteiger partial charge on any atom is -0.480 e. The Balaban J connectivity index is 2.51. The Bertz CT molecular complexity index is 445. The summed E-state index contributed by atoms with van der Waals surface area (Å²) in [6, 6.07) is 7.35. The summed E-state index contributed by atoms with van der Waals surface area (Å²) in [6.07, 6.45) is 0. The molecule has 1 rings (SSSR count). The molecular weight excluding hydrogens is 260 g/mol. The highest BCUT2D eigenvalue weighted by molar-refractivity contribution is 5.80. The molecule has 2 N–H and O–H groups in total. The number of rotatable bonds is 7. The maximum Gasteiger partial charge on any atom is 0.323 e. The second-order valence-corrected chi connectivity index (χ2v) is 4.45. The monoisotopic (exact) mass is 280 g/mol. The zero-order valence-electron chi connectivity index (χ0n) is 11.8. The van der Waals surface area contributed by atoms with Gasteiger partial charge in [0.25, 0.3) is 0 Å². The minimum atomic E-state index is -1.05. The third kappa shape index (κ3) is 5.71. The molecule has 0 fully saturated rings. The highest BCUT2D eigenvalue weighted by Crippen LogP contribution is 2.03. The molecule has 0 saturated carbocycles. The Morgan fingerprint density at radius 3 is 2.50 bits per heavy atom. The molecule has 1 aromatic carbocycles. The van der Waals surface area contributed by atoms with E-state index in [1.54, 1.807) is 0 Å². The number of hydrogen-bond donors (Lipinski definition) is 2. The van der Waals surface area contributed by atoms with Crippen LogP contribution in [0, 0.1) is 6.92 Å². The Kier molecular flexibility index (Phi) is 6.52. The first-order chi connectivity index (χ1) is 9.52. The van der Waals surface area contributed by atoms with Crippen LogP contribution in [-0.2, 0) is 16.1 Å². The van der Waals surface area contributed by atoms with Crippen LogP contribution < -0.4 is 5.32 Å². The van der Waals surface area contributed by atoms with Crippen LogP contribution in [0.1, 0.15) is 11.1 Å². The van der Waals surface area contributed by atoms with Gasteiger partial charge in [-0.25, -0.2) is 4.79 Å². The Labute approximate surface area is 118 Å². The predicted molar refractivity (Wildman–Crippen MR) is 74.5 cm³/mol. The molecule has 0 atom stereocenters. The third-order valence-electron chi connectivity index (χ3n) is 2.74. The molecule has 6 nitrogen and oxygen atoms in total. The lowest BCUT2D eigenvalue weighted by Crippen LogP contribution is -2.44. The maximum atomic E-state index is 11.9. The van der Waals surface area contributed by atoms with Gasteiger partial charge in [0, 0.05) is 20.2 Å². The fourth-order valence-corrected chi connectivity index (χ4v) is 1.61. The molecule has 0 bridgehead atoms. The van der Waals surface area contributed by atoms with Crippen molar-refractivity contribution in [3.63, 3.8) is 0 Å². The van der Waals surface area contributed by atoms with Crippen molar-refractivity contribution in [2.75, 3.05) is 26.8 Å². The molecule has 0 spiro atoms. The molecule has 0 aromatic heterocycles. The average Bonchev–Trinajstić information content (AvgIpc) is 2.42.